The number of aromatic hydroxyl groups is 1. The maximum Gasteiger partial charge on any atom is 0.339 e. The summed E-state index contributed by atoms with van der Waals surface area (Å²) in [7, 11) is 0. The van der Waals surface area contributed by atoms with E-state index < -0.39 is 11.9 Å². The molecule has 0 unspecified atom stereocenters. The number of carboxylic acid groups (broad SMARTS) is 1. The van der Waals surface area contributed by atoms with Crippen LogP contribution >= 0.6 is 12.2 Å². The number of para-hydroxylation sites is 1. The first-order chi connectivity index (χ1) is 11.9. The van der Waals surface area contributed by atoms with E-state index in [2.05, 4.69) is 10.6 Å². The summed E-state index contributed by atoms with van der Waals surface area (Å²) in [6.07, 6.45) is 0. The molecule has 0 radical (unpaired) electrons. The van der Waals surface area contributed by atoms with Crippen molar-refractivity contribution >= 4 is 34.9 Å². The van der Waals surface area contributed by atoms with E-state index in [1.54, 1.807) is 12.1 Å². The molecule has 0 saturated heterocycles. The number of aromatic carboxylic acids is 1. The molecule has 4 N–H and O–H groups in total. The highest BCUT2D eigenvalue weighted by Crippen LogP contribution is 2.21. The zero-order valence-corrected chi connectivity index (χ0v) is 14.1. The normalized spacial score (nSPS) is 9.96. The van der Waals surface area contributed by atoms with Crippen LogP contribution in [0.4, 0.5) is 5.69 Å². The van der Waals surface area contributed by atoms with Gasteiger partial charge in [0.05, 0.1) is 0 Å². The Bertz CT molecular complexity index is 822. The predicted molar refractivity (Wildman–Crippen MR) is 96.1 cm³/mol. The van der Waals surface area contributed by atoms with Gasteiger partial charge in [-0.05, 0) is 49.0 Å². The summed E-state index contributed by atoms with van der Waals surface area (Å²) in [6, 6.07) is 11.1. The molecule has 0 saturated carbocycles. The first kappa shape index (κ1) is 18.2. The van der Waals surface area contributed by atoms with Crippen LogP contribution < -0.4 is 15.4 Å². The van der Waals surface area contributed by atoms with Crippen LogP contribution in [0.3, 0.4) is 0 Å². The smallest absolute Gasteiger partial charge is 0.339 e. The molecule has 0 fully saturated rings. The fourth-order valence-electron chi connectivity index (χ4n) is 1.97. The molecule has 0 heterocycles. The van der Waals surface area contributed by atoms with Gasteiger partial charge in [-0.25, -0.2) is 4.79 Å². The number of benzene rings is 2. The third kappa shape index (κ3) is 5.18. The van der Waals surface area contributed by atoms with Crippen molar-refractivity contribution in [3.63, 3.8) is 0 Å². The second kappa shape index (κ2) is 8.11. The molecule has 0 aromatic heterocycles. The summed E-state index contributed by atoms with van der Waals surface area (Å²) in [4.78, 5) is 22.8. The van der Waals surface area contributed by atoms with E-state index in [-0.39, 0.29) is 23.0 Å². The number of ether oxygens (including phenoxy) is 1. The molecule has 25 heavy (non-hydrogen) atoms. The lowest BCUT2D eigenvalue weighted by molar-refractivity contribution is -0.121. The zero-order chi connectivity index (χ0) is 18.4. The number of phenols is 1. The Morgan fingerprint density at radius 3 is 2.60 bits per heavy atom. The predicted octanol–water partition coefficient (Wildman–Crippen LogP) is 2.29. The summed E-state index contributed by atoms with van der Waals surface area (Å²) < 4.78 is 5.41. The highest BCUT2D eigenvalue weighted by atomic mass is 32.1. The van der Waals surface area contributed by atoms with E-state index in [9.17, 15) is 14.7 Å². The van der Waals surface area contributed by atoms with Gasteiger partial charge in [0.2, 0.25) is 0 Å². The molecule has 0 bridgehead atoms. The fraction of sp³-hybridized carbons (Fsp3) is 0.118. The van der Waals surface area contributed by atoms with Crippen LogP contribution in [0.15, 0.2) is 42.5 Å². The lowest BCUT2D eigenvalue weighted by atomic mass is 10.2. The Balaban J connectivity index is 1.89. The molecule has 0 atom stereocenters. The fourth-order valence-corrected chi connectivity index (χ4v) is 2.20. The Morgan fingerprint density at radius 2 is 1.92 bits per heavy atom. The number of carbonyl (C=O) groups excluding carboxylic acids is 1. The quantitative estimate of drug-likeness (QED) is 0.479. The maximum atomic E-state index is 11.9. The number of rotatable bonds is 5. The van der Waals surface area contributed by atoms with Gasteiger partial charge < -0.3 is 20.3 Å². The van der Waals surface area contributed by atoms with Crippen LogP contribution in [-0.2, 0) is 4.79 Å². The van der Waals surface area contributed by atoms with Crippen molar-refractivity contribution in [3.05, 3.63) is 53.6 Å². The molecule has 0 aliphatic carbocycles. The summed E-state index contributed by atoms with van der Waals surface area (Å²) in [6.45, 7) is 1.65. The van der Waals surface area contributed by atoms with Crippen LogP contribution in [0.1, 0.15) is 15.9 Å². The Labute approximate surface area is 149 Å². The zero-order valence-electron chi connectivity index (χ0n) is 13.3. The number of aryl methyl sites for hydroxylation is 1. The van der Waals surface area contributed by atoms with E-state index in [1.807, 2.05) is 19.1 Å². The van der Waals surface area contributed by atoms with Crippen molar-refractivity contribution < 1.29 is 24.5 Å². The summed E-state index contributed by atoms with van der Waals surface area (Å²) in [5, 5.41) is 23.5. The summed E-state index contributed by atoms with van der Waals surface area (Å²) in [5.74, 6) is -1.50. The van der Waals surface area contributed by atoms with Gasteiger partial charge in [-0.3, -0.25) is 10.1 Å². The minimum Gasteiger partial charge on any atom is -0.507 e. The first-order valence-corrected chi connectivity index (χ1v) is 7.63. The summed E-state index contributed by atoms with van der Waals surface area (Å²) >= 11 is 5.00. The second-order valence-electron chi connectivity index (χ2n) is 5.09. The number of hydrogen-bond donors (Lipinski definition) is 4. The van der Waals surface area contributed by atoms with Crippen molar-refractivity contribution in [2.45, 2.75) is 6.92 Å². The minimum absolute atomic E-state index is 0.0135. The topological polar surface area (TPSA) is 108 Å². The first-order valence-electron chi connectivity index (χ1n) is 7.22. The summed E-state index contributed by atoms with van der Waals surface area (Å²) in [5.41, 5.74) is 0.948. The van der Waals surface area contributed by atoms with Crippen molar-refractivity contribution in [3.8, 4) is 11.5 Å². The van der Waals surface area contributed by atoms with Crippen molar-refractivity contribution in [1.29, 1.82) is 0 Å². The highest BCUT2D eigenvalue weighted by Gasteiger charge is 2.12. The second-order valence-corrected chi connectivity index (χ2v) is 5.50. The van der Waals surface area contributed by atoms with Crippen LogP contribution in [0.25, 0.3) is 0 Å². The maximum absolute atomic E-state index is 11.9. The van der Waals surface area contributed by atoms with Gasteiger partial charge in [-0.15, -0.1) is 0 Å². The SMILES string of the molecule is Cc1ccccc1OCC(=O)NC(=S)Nc1ccc(O)c(C(=O)O)c1. The Kier molecular flexibility index (Phi) is 5.91. The average Bonchev–Trinajstić information content (AvgIpc) is 2.55. The lowest BCUT2D eigenvalue weighted by Crippen LogP contribution is -2.37. The van der Waals surface area contributed by atoms with E-state index >= 15 is 0 Å². The number of thiocarbonyl (C=S) groups is 1. The van der Waals surface area contributed by atoms with Gasteiger partial charge in [-0.2, -0.15) is 0 Å². The van der Waals surface area contributed by atoms with Crippen LogP contribution in [0.5, 0.6) is 11.5 Å². The minimum atomic E-state index is -1.28. The highest BCUT2D eigenvalue weighted by molar-refractivity contribution is 7.80. The van der Waals surface area contributed by atoms with E-state index in [4.69, 9.17) is 22.1 Å². The third-order valence-corrected chi connectivity index (χ3v) is 3.39. The van der Waals surface area contributed by atoms with Crippen LogP contribution in [0.2, 0.25) is 0 Å². The van der Waals surface area contributed by atoms with Gasteiger partial charge >= 0.3 is 5.97 Å². The molecule has 2 rings (SSSR count). The molecule has 7 nitrogen and oxygen atoms in total. The van der Waals surface area contributed by atoms with Gasteiger partial charge in [0.15, 0.2) is 11.7 Å². The van der Waals surface area contributed by atoms with Gasteiger partial charge in [0, 0.05) is 5.69 Å². The number of carbonyl (C=O) groups is 2. The number of anilines is 1. The van der Waals surface area contributed by atoms with Crippen molar-refractivity contribution in [1.82, 2.24) is 5.32 Å². The van der Waals surface area contributed by atoms with Crippen LogP contribution in [0, 0.1) is 6.92 Å². The Hall–Kier alpha value is -3.13. The molecule has 0 spiro atoms. The molecule has 2 aromatic rings. The van der Waals surface area contributed by atoms with E-state index in [0.29, 0.717) is 11.4 Å². The number of amides is 1. The largest absolute Gasteiger partial charge is 0.507 e. The standard InChI is InChI=1S/C17H16N2O5S/c1-10-4-2-3-5-14(10)24-9-15(21)19-17(25)18-11-6-7-13(20)12(8-11)16(22)23/h2-8,20H,9H2,1H3,(H,22,23)(H2,18,19,21,25). The monoisotopic (exact) mass is 360 g/mol. The number of carboxylic acids is 1. The van der Waals surface area contributed by atoms with Crippen molar-refractivity contribution in [2.75, 3.05) is 11.9 Å². The van der Waals surface area contributed by atoms with E-state index in [1.165, 1.54) is 18.2 Å². The lowest BCUT2D eigenvalue weighted by Gasteiger charge is -2.12. The van der Waals surface area contributed by atoms with Crippen molar-refractivity contribution in [2.24, 2.45) is 0 Å². The molecule has 0 aliphatic heterocycles. The van der Waals surface area contributed by atoms with Gasteiger partial charge in [-0.1, -0.05) is 18.2 Å². The number of nitrogens with one attached hydrogen (secondary N) is 2. The molecule has 0 aliphatic rings. The molecule has 130 valence electrons. The molecule has 8 heteroatoms. The molecule has 2 aromatic carbocycles. The van der Waals surface area contributed by atoms with E-state index in [0.717, 1.165) is 5.56 Å². The average molecular weight is 360 g/mol. The molecular formula is C17H16N2O5S. The van der Waals surface area contributed by atoms with Gasteiger partial charge in [0.1, 0.15) is 17.1 Å². The van der Waals surface area contributed by atoms with Crippen LogP contribution in [-0.4, -0.2) is 33.8 Å². The molecule has 1 amide bonds. The third-order valence-electron chi connectivity index (χ3n) is 3.19. The molecular weight excluding hydrogens is 344 g/mol. The number of hydrogen-bond acceptors (Lipinski definition) is 5. The Morgan fingerprint density at radius 1 is 1.20 bits per heavy atom. The van der Waals surface area contributed by atoms with Gasteiger partial charge in [0.25, 0.3) is 5.91 Å².